The van der Waals surface area contributed by atoms with Gasteiger partial charge in [-0.3, -0.25) is 4.79 Å². The highest BCUT2D eigenvalue weighted by molar-refractivity contribution is 6.67. The van der Waals surface area contributed by atoms with Gasteiger partial charge in [-0.05, 0) is 23.7 Å². The molecule has 0 saturated carbocycles. The SMILES string of the molecule is O=C(Cl)c1cccc(N[O-])c1F. The standard InChI is InChI=1S/C7H4ClFNO2/c8-7(11)4-2-1-3-5(10-12)6(4)9/h1-3,10H/q-1. The van der Waals surface area contributed by atoms with Crippen molar-refractivity contribution in [1.82, 2.24) is 0 Å². The Morgan fingerprint density at radius 2 is 2.25 bits per heavy atom. The van der Waals surface area contributed by atoms with Crippen molar-refractivity contribution in [3.05, 3.63) is 34.8 Å². The van der Waals surface area contributed by atoms with Gasteiger partial charge in [-0.25, -0.2) is 4.39 Å². The van der Waals surface area contributed by atoms with Crippen LogP contribution in [0.25, 0.3) is 0 Å². The van der Waals surface area contributed by atoms with E-state index in [1.165, 1.54) is 23.7 Å². The molecule has 0 fully saturated rings. The molecule has 3 nitrogen and oxygen atoms in total. The summed E-state index contributed by atoms with van der Waals surface area (Å²) in [6.45, 7) is 0. The van der Waals surface area contributed by atoms with Gasteiger partial charge in [-0.15, -0.1) is 0 Å². The van der Waals surface area contributed by atoms with E-state index in [4.69, 9.17) is 11.6 Å². The molecular weight excluding hydrogens is 185 g/mol. The summed E-state index contributed by atoms with van der Waals surface area (Å²) < 4.78 is 13.0. The topological polar surface area (TPSA) is 52.2 Å². The molecule has 0 heterocycles. The molecule has 0 bridgehead atoms. The predicted molar refractivity (Wildman–Crippen MR) is 43.6 cm³/mol. The van der Waals surface area contributed by atoms with Gasteiger partial charge in [-0.2, -0.15) is 0 Å². The van der Waals surface area contributed by atoms with Crippen LogP contribution in [0.5, 0.6) is 0 Å². The molecule has 0 atom stereocenters. The van der Waals surface area contributed by atoms with E-state index in [1.54, 1.807) is 0 Å². The number of hydrogen-bond acceptors (Lipinski definition) is 3. The van der Waals surface area contributed by atoms with Crippen molar-refractivity contribution in [1.29, 1.82) is 0 Å². The number of nitrogens with one attached hydrogen (secondary N) is 1. The zero-order valence-electron chi connectivity index (χ0n) is 5.80. The molecular formula is C7H4ClFNO2-. The Bertz CT molecular complexity index is 316. The van der Waals surface area contributed by atoms with Gasteiger partial charge in [0, 0.05) is 0 Å². The van der Waals surface area contributed by atoms with Gasteiger partial charge in [0.15, 0.2) is 5.82 Å². The third kappa shape index (κ3) is 1.54. The molecule has 0 aliphatic carbocycles. The number of carbonyl (C=O) groups excluding carboxylic acids is 1. The Hall–Kier alpha value is -1.13. The van der Waals surface area contributed by atoms with E-state index in [9.17, 15) is 14.4 Å². The first-order valence-electron chi connectivity index (χ1n) is 3.03. The lowest BCUT2D eigenvalue weighted by molar-refractivity contribution is 0.107. The number of halogens is 2. The third-order valence-electron chi connectivity index (χ3n) is 1.32. The monoisotopic (exact) mass is 188 g/mol. The van der Waals surface area contributed by atoms with Crippen LogP contribution >= 0.6 is 11.6 Å². The summed E-state index contributed by atoms with van der Waals surface area (Å²) in [7, 11) is 0. The van der Waals surface area contributed by atoms with Gasteiger partial charge in [0.2, 0.25) is 0 Å². The molecule has 1 aromatic rings. The second-order valence-corrected chi connectivity index (χ2v) is 2.39. The van der Waals surface area contributed by atoms with Crippen molar-refractivity contribution in [2.24, 2.45) is 0 Å². The molecule has 1 aromatic carbocycles. The largest absolute Gasteiger partial charge is 0.761 e. The third-order valence-corrected chi connectivity index (χ3v) is 1.52. The molecule has 0 amide bonds. The Balaban J connectivity index is 3.23. The minimum atomic E-state index is -0.926. The van der Waals surface area contributed by atoms with Crippen LogP contribution in [-0.2, 0) is 0 Å². The molecule has 0 saturated heterocycles. The molecule has 0 spiro atoms. The lowest BCUT2D eigenvalue weighted by Gasteiger charge is -2.10. The fraction of sp³-hybridized carbons (Fsp3) is 0. The van der Waals surface area contributed by atoms with Crippen molar-refractivity contribution in [2.75, 3.05) is 5.48 Å². The molecule has 0 unspecified atom stereocenters. The van der Waals surface area contributed by atoms with Crippen molar-refractivity contribution in [3.63, 3.8) is 0 Å². The van der Waals surface area contributed by atoms with Crippen LogP contribution in [0.15, 0.2) is 18.2 Å². The summed E-state index contributed by atoms with van der Waals surface area (Å²) in [6.07, 6.45) is 0. The van der Waals surface area contributed by atoms with E-state index < -0.39 is 11.1 Å². The first kappa shape index (κ1) is 8.96. The van der Waals surface area contributed by atoms with Crippen LogP contribution < -0.4 is 5.48 Å². The van der Waals surface area contributed by atoms with Crippen molar-refractivity contribution in [2.45, 2.75) is 0 Å². The van der Waals surface area contributed by atoms with Crippen LogP contribution in [0.1, 0.15) is 10.4 Å². The molecule has 1 rings (SSSR count). The Labute approximate surface area is 72.7 Å². The maximum atomic E-state index is 13.0. The zero-order valence-corrected chi connectivity index (χ0v) is 6.56. The molecule has 5 heteroatoms. The summed E-state index contributed by atoms with van der Waals surface area (Å²) in [5.74, 6) is -0.924. The highest BCUT2D eigenvalue weighted by Gasteiger charge is 2.10. The van der Waals surface area contributed by atoms with Gasteiger partial charge in [0.05, 0.1) is 11.3 Å². The Morgan fingerprint density at radius 1 is 1.58 bits per heavy atom. The highest BCUT2D eigenvalue weighted by atomic mass is 35.5. The number of rotatable bonds is 2. The molecule has 12 heavy (non-hydrogen) atoms. The second-order valence-electron chi connectivity index (χ2n) is 2.04. The van der Waals surface area contributed by atoms with Gasteiger partial charge in [-0.1, -0.05) is 6.07 Å². The quantitative estimate of drug-likeness (QED) is 0.571. The lowest BCUT2D eigenvalue weighted by Crippen LogP contribution is -1.98. The van der Waals surface area contributed by atoms with E-state index in [2.05, 4.69) is 0 Å². The minimum Gasteiger partial charge on any atom is -0.761 e. The number of anilines is 1. The normalized spacial score (nSPS) is 9.58. The molecule has 1 N–H and O–H groups in total. The van der Waals surface area contributed by atoms with Gasteiger partial charge < -0.3 is 10.7 Å². The van der Waals surface area contributed by atoms with Crippen LogP contribution in [0, 0.1) is 11.0 Å². The first-order valence-corrected chi connectivity index (χ1v) is 3.41. The van der Waals surface area contributed by atoms with E-state index in [0.29, 0.717) is 0 Å². The predicted octanol–water partition coefficient (Wildman–Crippen LogP) is 2.11. The van der Waals surface area contributed by atoms with Gasteiger partial charge in [0.1, 0.15) is 0 Å². The first-order chi connectivity index (χ1) is 5.66. The highest BCUT2D eigenvalue weighted by Crippen LogP contribution is 2.18. The molecule has 0 radical (unpaired) electrons. The maximum Gasteiger partial charge on any atom is 0.255 e. The summed E-state index contributed by atoms with van der Waals surface area (Å²) >= 11 is 5.03. The number of carbonyl (C=O) groups is 1. The Morgan fingerprint density at radius 3 is 2.75 bits per heavy atom. The lowest BCUT2D eigenvalue weighted by atomic mass is 10.2. The van der Waals surface area contributed by atoms with Gasteiger partial charge >= 0.3 is 0 Å². The van der Waals surface area contributed by atoms with Crippen molar-refractivity contribution < 1.29 is 9.18 Å². The zero-order chi connectivity index (χ0) is 9.14. The second kappa shape index (κ2) is 3.51. The molecule has 0 aliphatic rings. The summed E-state index contributed by atoms with van der Waals surface area (Å²) in [5.41, 5.74) is 0.757. The van der Waals surface area contributed by atoms with E-state index >= 15 is 0 Å². The smallest absolute Gasteiger partial charge is 0.255 e. The fourth-order valence-electron chi connectivity index (χ4n) is 0.763. The van der Waals surface area contributed by atoms with Gasteiger partial charge in [0.25, 0.3) is 5.24 Å². The molecule has 0 aliphatic heterocycles. The average Bonchev–Trinajstić information content (AvgIpc) is 2.04. The number of hydrogen-bond donors (Lipinski definition) is 1. The van der Waals surface area contributed by atoms with Crippen molar-refractivity contribution in [3.8, 4) is 0 Å². The summed E-state index contributed by atoms with van der Waals surface area (Å²) in [6, 6.07) is 3.77. The van der Waals surface area contributed by atoms with Crippen molar-refractivity contribution >= 4 is 22.5 Å². The summed E-state index contributed by atoms with van der Waals surface area (Å²) in [4.78, 5) is 10.5. The van der Waals surface area contributed by atoms with Crippen LogP contribution in [0.2, 0.25) is 0 Å². The van der Waals surface area contributed by atoms with Crippen LogP contribution in [-0.4, -0.2) is 5.24 Å². The van der Waals surface area contributed by atoms with Crippen LogP contribution in [0.3, 0.4) is 0 Å². The minimum absolute atomic E-state index is 0.290. The fourth-order valence-corrected chi connectivity index (χ4v) is 0.909. The molecule has 0 aromatic heterocycles. The maximum absolute atomic E-state index is 13.0. The van der Waals surface area contributed by atoms with Crippen LogP contribution in [0.4, 0.5) is 10.1 Å². The molecule has 64 valence electrons. The Kier molecular flexibility index (Phi) is 2.62. The number of benzene rings is 1. The van der Waals surface area contributed by atoms with E-state index in [-0.39, 0.29) is 11.3 Å². The van der Waals surface area contributed by atoms with E-state index in [1.807, 2.05) is 0 Å². The average molecular weight is 189 g/mol. The van der Waals surface area contributed by atoms with E-state index in [0.717, 1.165) is 0 Å². The summed E-state index contributed by atoms with van der Waals surface area (Å²) in [5, 5.41) is 9.16.